The average Bonchev–Trinajstić information content (AvgIpc) is 3.04. The van der Waals surface area contributed by atoms with E-state index in [9.17, 15) is 9.59 Å². The highest BCUT2D eigenvalue weighted by Crippen LogP contribution is 2.14. The minimum Gasteiger partial charge on any atom is -0.467 e. The molecule has 0 saturated heterocycles. The molecule has 2 aromatic rings. The van der Waals surface area contributed by atoms with Crippen LogP contribution in [0.5, 0.6) is 0 Å². The molecule has 7 heteroatoms. The molecule has 0 aliphatic carbocycles. The van der Waals surface area contributed by atoms with Crippen LogP contribution in [0.1, 0.15) is 16.1 Å². The van der Waals surface area contributed by atoms with Crippen LogP contribution in [0.25, 0.3) is 0 Å². The van der Waals surface area contributed by atoms with Gasteiger partial charge in [-0.15, -0.1) is 0 Å². The van der Waals surface area contributed by atoms with Crippen LogP contribution in [0.2, 0.25) is 0 Å². The van der Waals surface area contributed by atoms with E-state index in [2.05, 4.69) is 5.32 Å². The van der Waals surface area contributed by atoms with Crippen LogP contribution in [0.3, 0.4) is 0 Å². The lowest BCUT2D eigenvalue weighted by Crippen LogP contribution is -2.33. The number of ether oxygens (including phenoxy) is 1. The van der Waals surface area contributed by atoms with Crippen molar-refractivity contribution in [2.75, 3.05) is 25.6 Å². The summed E-state index contributed by atoms with van der Waals surface area (Å²) in [6, 6.07) is 9.46. The Morgan fingerprint density at radius 3 is 2.57 bits per heavy atom. The first-order valence-electron chi connectivity index (χ1n) is 7.07. The van der Waals surface area contributed by atoms with Crippen LogP contribution in [-0.2, 0) is 11.3 Å². The molecule has 2 rings (SSSR count). The Morgan fingerprint density at radius 1 is 1.26 bits per heavy atom. The van der Waals surface area contributed by atoms with Crippen molar-refractivity contribution in [2.24, 2.45) is 5.73 Å². The Bertz CT molecular complexity index is 638. The Balaban J connectivity index is 2.10. The third-order valence-corrected chi connectivity index (χ3v) is 3.18. The van der Waals surface area contributed by atoms with E-state index in [1.54, 1.807) is 48.6 Å². The highest BCUT2D eigenvalue weighted by Gasteiger charge is 2.17. The van der Waals surface area contributed by atoms with Crippen molar-refractivity contribution in [3.63, 3.8) is 0 Å². The summed E-state index contributed by atoms with van der Waals surface area (Å²) in [7, 11) is 1.58. The zero-order chi connectivity index (χ0) is 16.7. The van der Waals surface area contributed by atoms with Gasteiger partial charge in [0.1, 0.15) is 5.76 Å². The van der Waals surface area contributed by atoms with Gasteiger partial charge in [-0.3, -0.25) is 4.79 Å². The second-order valence-electron chi connectivity index (χ2n) is 4.87. The van der Waals surface area contributed by atoms with E-state index in [0.29, 0.717) is 36.7 Å². The van der Waals surface area contributed by atoms with E-state index in [1.165, 1.54) is 0 Å². The second-order valence-corrected chi connectivity index (χ2v) is 4.87. The van der Waals surface area contributed by atoms with E-state index in [-0.39, 0.29) is 5.91 Å². The number of methoxy groups -OCH3 is 1. The Hall–Kier alpha value is -2.80. The van der Waals surface area contributed by atoms with Crippen LogP contribution >= 0.6 is 0 Å². The first-order valence-corrected chi connectivity index (χ1v) is 7.07. The molecular weight excluding hydrogens is 298 g/mol. The number of urea groups is 1. The maximum absolute atomic E-state index is 12.6. The smallest absolute Gasteiger partial charge is 0.316 e. The summed E-state index contributed by atoms with van der Waals surface area (Å²) in [4.78, 5) is 25.1. The van der Waals surface area contributed by atoms with E-state index in [1.807, 2.05) is 6.07 Å². The monoisotopic (exact) mass is 317 g/mol. The number of amides is 3. The first-order chi connectivity index (χ1) is 11.1. The Morgan fingerprint density at radius 2 is 2.00 bits per heavy atom. The molecule has 0 aliphatic rings. The lowest BCUT2D eigenvalue weighted by atomic mass is 10.1. The quantitative estimate of drug-likeness (QED) is 0.816. The Kier molecular flexibility index (Phi) is 5.76. The molecular formula is C16H19N3O4. The number of carbonyl (C=O) groups excluding carboxylic acids is 2. The van der Waals surface area contributed by atoms with Crippen molar-refractivity contribution >= 4 is 17.6 Å². The van der Waals surface area contributed by atoms with Crippen LogP contribution in [0.4, 0.5) is 10.5 Å². The number of nitrogens with one attached hydrogen (secondary N) is 1. The molecule has 0 unspecified atom stereocenters. The molecule has 1 heterocycles. The van der Waals surface area contributed by atoms with E-state index >= 15 is 0 Å². The molecule has 1 aromatic carbocycles. The van der Waals surface area contributed by atoms with Crippen molar-refractivity contribution in [1.82, 2.24) is 4.90 Å². The fraction of sp³-hybridized carbons (Fsp3) is 0.250. The van der Waals surface area contributed by atoms with Crippen molar-refractivity contribution in [3.05, 3.63) is 54.0 Å². The molecule has 1 aromatic heterocycles. The van der Waals surface area contributed by atoms with E-state index < -0.39 is 6.03 Å². The first kappa shape index (κ1) is 16.6. The number of carbonyl (C=O) groups is 2. The summed E-state index contributed by atoms with van der Waals surface area (Å²) in [6.45, 7) is 1.22. The highest BCUT2D eigenvalue weighted by atomic mass is 16.5. The number of nitrogens with zero attached hydrogens (tertiary/aromatic N) is 1. The van der Waals surface area contributed by atoms with Crippen LogP contribution in [0, 0.1) is 0 Å². The van der Waals surface area contributed by atoms with Gasteiger partial charge in [-0.05, 0) is 36.4 Å². The van der Waals surface area contributed by atoms with Crippen LogP contribution in [0.15, 0.2) is 47.1 Å². The largest absolute Gasteiger partial charge is 0.467 e. The zero-order valence-electron chi connectivity index (χ0n) is 12.8. The summed E-state index contributed by atoms with van der Waals surface area (Å²) >= 11 is 0. The predicted octanol–water partition coefficient (Wildman–Crippen LogP) is 2.06. The Labute approximate surface area is 134 Å². The summed E-state index contributed by atoms with van der Waals surface area (Å²) in [5.41, 5.74) is 6.09. The van der Waals surface area contributed by atoms with Gasteiger partial charge in [0, 0.05) is 24.9 Å². The van der Waals surface area contributed by atoms with Gasteiger partial charge in [-0.25, -0.2) is 4.79 Å². The number of anilines is 1. The maximum atomic E-state index is 12.6. The predicted molar refractivity (Wildman–Crippen MR) is 85.0 cm³/mol. The van der Waals surface area contributed by atoms with Gasteiger partial charge in [0.15, 0.2) is 0 Å². The summed E-state index contributed by atoms with van der Waals surface area (Å²) in [5, 5.41) is 2.45. The highest BCUT2D eigenvalue weighted by molar-refractivity contribution is 5.95. The van der Waals surface area contributed by atoms with E-state index in [0.717, 1.165) is 0 Å². The molecule has 0 aliphatic heterocycles. The van der Waals surface area contributed by atoms with E-state index in [4.69, 9.17) is 14.9 Å². The summed E-state index contributed by atoms with van der Waals surface area (Å²) in [6.07, 6.45) is 1.57. The molecule has 23 heavy (non-hydrogen) atoms. The van der Waals surface area contributed by atoms with Crippen molar-refractivity contribution in [1.29, 1.82) is 0 Å². The van der Waals surface area contributed by atoms with Crippen molar-refractivity contribution in [3.8, 4) is 0 Å². The number of benzene rings is 1. The number of primary amides is 1. The van der Waals surface area contributed by atoms with Gasteiger partial charge in [0.2, 0.25) is 0 Å². The minimum absolute atomic E-state index is 0.149. The normalized spacial score (nSPS) is 10.3. The van der Waals surface area contributed by atoms with Gasteiger partial charge in [-0.2, -0.15) is 0 Å². The van der Waals surface area contributed by atoms with Gasteiger partial charge in [-0.1, -0.05) is 0 Å². The summed E-state index contributed by atoms with van der Waals surface area (Å²) < 4.78 is 10.4. The van der Waals surface area contributed by atoms with Crippen molar-refractivity contribution in [2.45, 2.75) is 6.54 Å². The topological polar surface area (TPSA) is 97.8 Å². The number of hydrogen-bond acceptors (Lipinski definition) is 4. The average molecular weight is 317 g/mol. The lowest BCUT2D eigenvalue weighted by molar-refractivity contribution is 0.0666. The molecule has 7 nitrogen and oxygen atoms in total. The fourth-order valence-corrected chi connectivity index (χ4v) is 2.07. The minimum atomic E-state index is -0.649. The number of hydrogen-bond donors (Lipinski definition) is 2. The standard InChI is InChI=1S/C16H19N3O4/c1-22-10-8-19(11-14-3-2-9-23-14)15(20)12-4-6-13(7-5-12)18-16(17)21/h2-7,9H,8,10-11H2,1H3,(H3,17,18,21). The maximum Gasteiger partial charge on any atom is 0.316 e. The van der Waals surface area contributed by atoms with Crippen LogP contribution in [-0.4, -0.2) is 37.1 Å². The van der Waals surface area contributed by atoms with Gasteiger partial charge in [0.05, 0.1) is 19.4 Å². The number of rotatable bonds is 7. The van der Waals surface area contributed by atoms with Crippen molar-refractivity contribution < 1.29 is 18.7 Å². The molecule has 0 saturated carbocycles. The lowest BCUT2D eigenvalue weighted by Gasteiger charge is -2.21. The molecule has 0 spiro atoms. The molecule has 0 fully saturated rings. The summed E-state index contributed by atoms with van der Waals surface area (Å²) in [5.74, 6) is 0.547. The third kappa shape index (κ3) is 4.86. The van der Waals surface area contributed by atoms with Gasteiger partial charge < -0.3 is 25.1 Å². The van der Waals surface area contributed by atoms with Gasteiger partial charge in [0.25, 0.3) is 5.91 Å². The molecule has 3 N–H and O–H groups in total. The molecule has 3 amide bonds. The number of nitrogens with two attached hydrogens (primary N) is 1. The second kappa shape index (κ2) is 8.00. The van der Waals surface area contributed by atoms with Gasteiger partial charge >= 0.3 is 6.03 Å². The third-order valence-electron chi connectivity index (χ3n) is 3.18. The molecule has 0 atom stereocenters. The molecule has 0 bridgehead atoms. The SMILES string of the molecule is COCCN(Cc1ccco1)C(=O)c1ccc(NC(N)=O)cc1. The number of furan rings is 1. The fourth-order valence-electron chi connectivity index (χ4n) is 2.07. The zero-order valence-corrected chi connectivity index (χ0v) is 12.8. The van der Waals surface area contributed by atoms with Crippen LogP contribution < -0.4 is 11.1 Å². The molecule has 0 radical (unpaired) electrons. The molecule has 122 valence electrons.